The number of carbonyl (C=O) groups is 1. The van der Waals surface area contributed by atoms with Crippen LogP contribution in [0.25, 0.3) is 5.53 Å². The highest BCUT2D eigenvalue weighted by molar-refractivity contribution is 7.08. The van der Waals surface area contributed by atoms with Gasteiger partial charge in [-0.3, -0.25) is 0 Å². The average Bonchev–Trinajstić information content (AvgIpc) is 2.59. The third-order valence-corrected chi connectivity index (χ3v) is 1.67. The summed E-state index contributed by atoms with van der Waals surface area (Å²) < 4.78 is 8.01. The molecule has 68 valence electrons. The van der Waals surface area contributed by atoms with Crippen LogP contribution < -0.4 is 0 Å². The Labute approximate surface area is 77.1 Å². The number of hydrogen-bond donors (Lipinski definition) is 0. The molecule has 0 amide bonds. The van der Waals surface area contributed by atoms with E-state index in [0.29, 0.717) is 0 Å². The fraction of sp³-hybridized carbons (Fsp3) is 0.400. The molecule has 0 spiro atoms. The van der Waals surface area contributed by atoms with Crippen molar-refractivity contribution >= 4 is 23.2 Å². The molecular weight excluding hydrogens is 194 g/mol. The van der Waals surface area contributed by atoms with Gasteiger partial charge in [-0.15, -0.1) is 5.10 Å². The van der Waals surface area contributed by atoms with Gasteiger partial charge in [0.15, 0.2) is 0 Å². The van der Waals surface area contributed by atoms with E-state index in [1.165, 1.54) is 0 Å². The van der Waals surface area contributed by atoms with Gasteiger partial charge in [0.25, 0.3) is 5.01 Å². The van der Waals surface area contributed by atoms with Crippen molar-refractivity contribution in [2.24, 2.45) is 0 Å². The predicted molar refractivity (Wildman–Crippen MR) is 42.1 cm³/mol. The molecule has 0 atom stereocenters. The Morgan fingerprint density at radius 1 is 1.77 bits per heavy atom. The summed E-state index contributed by atoms with van der Waals surface area (Å²) >= 11 is 0.846. The summed E-state index contributed by atoms with van der Waals surface area (Å²) in [4.78, 5) is 13.8. The maximum atomic E-state index is 11.1. The Kier molecular flexibility index (Phi) is 3.18. The quantitative estimate of drug-likeness (QED) is 0.283. The summed E-state index contributed by atoms with van der Waals surface area (Å²) in [5.41, 5.74) is 8.21. The molecule has 0 saturated carbocycles. The van der Waals surface area contributed by atoms with Gasteiger partial charge in [-0.1, -0.05) is 4.49 Å². The molecule has 0 unspecified atom stereocenters. The molecule has 0 N–H and O–H groups in total. The van der Waals surface area contributed by atoms with Crippen LogP contribution in [0.2, 0.25) is 0 Å². The maximum Gasteiger partial charge on any atom is 0.438 e. The zero-order valence-electron chi connectivity index (χ0n) is 6.67. The van der Waals surface area contributed by atoms with Gasteiger partial charge in [0, 0.05) is 11.5 Å². The standard InChI is InChI=1S/C5H5N5O2S/c1-2-12-5(11)3(7-6)4-8-9-10-13-4/h2H2,1H3. The maximum absolute atomic E-state index is 11.1. The Balaban J connectivity index is 2.88. The van der Waals surface area contributed by atoms with E-state index >= 15 is 0 Å². The highest BCUT2D eigenvalue weighted by Gasteiger charge is 2.28. The highest BCUT2D eigenvalue weighted by Crippen LogP contribution is 1.99. The molecule has 1 rings (SSSR count). The Bertz CT molecular complexity index is 342. The van der Waals surface area contributed by atoms with Gasteiger partial charge in [-0.05, 0) is 12.1 Å². The van der Waals surface area contributed by atoms with E-state index in [9.17, 15) is 4.79 Å². The summed E-state index contributed by atoms with van der Waals surface area (Å²) in [6.07, 6.45) is 0. The van der Waals surface area contributed by atoms with Gasteiger partial charge in [0.1, 0.15) is 0 Å². The summed E-state index contributed by atoms with van der Waals surface area (Å²) in [7, 11) is 0. The predicted octanol–water partition coefficient (Wildman–Crippen LogP) is -0.485. The van der Waals surface area contributed by atoms with Crippen molar-refractivity contribution in [1.82, 2.24) is 14.8 Å². The van der Waals surface area contributed by atoms with Crippen molar-refractivity contribution in [3.8, 4) is 0 Å². The van der Waals surface area contributed by atoms with Crippen molar-refractivity contribution in [1.29, 1.82) is 0 Å². The van der Waals surface area contributed by atoms with Crippen molar-refractivity contribution in [3.05, 3.63) is 10.5 Å². The van der Waals surface area contributed by atoms with Crippen LogP contribution in [0.4, 0.5) is 0 Å². The van der Waals surface area contributed by atoms with Gasteiger partial charge >= 0.3 is 11.7 Å². The fourth-order valence-corrected chi connectivity index (χ4v) is 1.03. The molecule has 0 saturated heterocycles. The Morgan fingerprint density at radius 2 is 2.54 bits per heavy atom. The van der Waals surface area contributed by atoms with E-state index < -0.39 is 5.97 Å². The fourth-order valence-electron chi connectivity index (χ4n) is 0.595. The van der Waals surface area contributed by atoms with Gasteiger partial charge < -0.3 is 10.3 Å². The number of ether oxygens (including phenoxy) is 1. The van der Waals surface area contributed by atoms with Gasteiger partial charge in [-0.25, -0.2) is 4.79 Å². The van der Waals surface area contributed by atoms with Crippen molar-refractivity contribution in [3.63, 3.8) is 0 Å². The van der Waals surface area contributed by atoms with E-state index in [2.05, 4.69) is 24.3 Å². The zero-order chi connectivity index (χ0) is 9.68. The third kappa shape index (κ3) is 2.14. The molecule has 0 aromatic carbocycles. The van der Waals surface area contributed by atoms with Crippen LogP contribution in [-0.4, -0.2) is 37.9 Å². The van der Waals surface area contributed by atoms with Crippen molar-refractivity contribution in [2.75, 3.05) is 6.61 Å². The molecule has 13 heavy (non-hydrogen) atoms. The molecule has 0 aliphatic heterocycles. The molecule has 7 nitrogen and oxygen atoms in total. The minimum atomic E-state index is -0.747. The van der Waals surface area contributed by atoms with Gasteiger partial charge in [0.05, 0.1) is 6.61 Å². The highest BCUT2D eigenvalue weighted by atomic mass is 32.1. The van der Waals surface area contributed by atoms with Crippen molar-refractivity contribution in [2.45, 2.75) is 6.92 Å². The lowest BCUT2D eigenvalue weighted by atomic mass is 10.4. The second kappa shape index (κ2) is 4.39. The normalized spacial score (nSPS) is 9.00. The number of rotatable bonds is 3. The largest absolute Gasteiger partial charge is 0.457 e. The molecule has 8 heteroatoms. The minimum Gasteiger partial charge on any atom is -0.457 e. The Morgan fingerprint density at radius 3 is 3.00 bits per heavy atom. The number of nitrogens with zero attached hydrogens (tertiary/aromatic N) is 5. The molecule has 1 aromatic rings. The van der Waals surface area contributed by atoms with Crippen LogP contribution in [0.3, 0.4) is 0 Å². The SMILES string of the molecule is CCOC(=O)C(=[N+]=[N-])c1nnns1. The molecule has 1 heterocycles. The van der Waals surface area contributed by atoms with E-state index in [0.717, 1.165) is 11.5 Å². The van der Waals surface area contributed by atoms with Gasteiger partial charge in [-0.2, -0.15) is 4.79 Å². The third-order valence-electron chi connectivity index (χ3n) is 1.07. The summed E-state index contributed by atoms with van der Waals surface area (Å²) in [5, 5.41) is 6.83. The van der Waals surface area contributed by atoms with Crippen LogP contribution in [-0.2, 0) is 9.53 Å². The molecule has 0 fully saturated rings. The smallest absolute Gasteiger partial charge is 0.438 e. The Hall–Kier alpha value is -1.66. The van der Waals surface area contributed by atoms with E-state index in [1.54, 1.807) is 6.92 Å². The molecule has 0 aliphatic rings. The monoisotopic (exact) mass is 199 g/mol. The lowest BCUT2D eigenvalue weighted by molar-refractivity contribution is -0.139. The second-order valence-electron chi connectivity index (χ2n) is 1.84. The first-order valence-corrected chi connectivity index (χ1v) is 4.11. The summed E-state index contributed by atoms with van der Waals surface area (Å²) in [6.45, 7) is 1.84. The first-order chi connectivity index (χ1) is 6.29. The minimum absolute atomic E-state index is 0.126. The molecule has 0 radical (unpaired) electrons. The number of aromatic nitrogens is 3. The second-order valence-corrected chi connectivity index (χ2v) is 2.57. The average molecular weight is 199 g/mol. The van der Waals surface area contributed by atoms with E-state index in [4.69, 9.17) is 5.53 Å². The van der Waals surface area contributed by atoms with Crippen LogP contribution in [0.15, 0.2) is 0 Å². The molecule has 0 bridgehead atoms. The van der Waals surface area contributed by atoms with Crippen molar-refractivity contribution < 1.29 is 14.3 Å². The van der Waals surface area contributed by atoms with Gasteiger partial charge in [0.2, 0.25) is 0 Å². The van der Waals surface area contributed by atoms with Crippen LogP contribution in [0.5, 0.6) is 0 Å². The van der Waals surface area contributed by atoms with E-state index in [1.807, 2.05) is 0 Å². The molecular formula is C5H5N5O2S. The lowest BCUT2D eigenvalue weighted by Gasteiger charge is -1.92. The first-order valence-electron chi connectivity index (χ1n) is 3.34. The molecule has 0 aliphatic carbocycles. The van der Waals surface area contributed by atoms with Crippen LogP contribution >= 0.6 is 11.5 Å². The number of esters is 1. The number of hydrogen-bond acceptors (Lipinski definition) is 6. The van der Waals surface area contributed by atoms with Crippen LogP contribution in [0.1, 0.15) is 11.9 Å². The zero-order valence-corrected chi connectivity index (χ0v) is 7.48. The topological polar surface area (TPSA) is 101 Å². The summed E-state index contributed by atoms with van der Waals surface area (Å²) in [5.74, 6) is -0.747. The summed E-state index contributed by atoms with van der Waals surface area (Å²) in [6, 6.07) is 0. The molecule has 1 aromatic heterocycles. The first kappa shape index (κ1) is 9.43. The van der Waals surface area contributed by atoms with E-state index in [-0.39, 0.29) is 17.3 Å². The lowest BCUT2D eigenvalue weighted by Crippen LogP contribution is -2.19. The number of carbonyl (C=O) groups excluding carboxylic acids is 1. The van der Waals surface area contributed by atoms with Crippen LogP contribution in [0, 0.1) is 0 Å².